The molecule has 1 saturated heterocycles. The van der Waals surface area contributed by atoms with Crippen LogP contribution in [0.3, 0.4) is 0 Å². The Morgan fingerprint density at radius 1 is 1.10 bits per heavy atom. The van der Waals surface area contributed by atoms with Crippen LogP contribution in [-0.4, -0.2) is 51.4 Å². The number of hydrogen-bond donors (Lipinski definition) is 2. The quantitative estimate of drug-likeness (QED) is 0.350. The van der Waals surface area contributed by atoms with Gasteiger partial charge in [0, 0.05) is 14.0 Å². The van der Waals surface area contributed by atoms with E-state index in [9.17, 15) is 0 Å². The Kier molecular flexibility index (Phi) is 9.98. The van der Waals surface area contributed by atoms with Gasteiger partial charge in [0.2, 0.25) is 0 Å². The van der Waals surface area contributed by atoms with Crippen molar-refractivity contribution in [1.82, 2.24) is 24.8 Å². The SMILES string of the molecule is CCC1(Nc2ncnc3ncn(C)c23)CC=CC(CC(C)C)=CC1.COc1ccc(OC2CCNCC2)cc1.[HH]. The summed E-state index contributed by atoms with van der Waals surface area (Å²) in [5.41, 5.74) is 3.13. The van der Waals surface area contributed by atoms with E-state index < -0.39 is 0 Å². The highest BCUT2D eigenvalue weighted by Gasteiger charge is 2.29. The number of aryl methyl sites for hydroxylation is 1. The number of ether oxygens (including phenoxy) is 2. The van der Waals surface area contributed by atoms with Gasteiger partial charge in [-0.1, -0.05) is 44.6 Å². The molecule has 8 nitrogen and oxygen atoms in total. The van der Waals surface area contributed by atoms with Crippen molar-refractivity contribution >= 4 is 17.0 Å². The van der Waals surface area contributed by atoms with Crippen LogP contribution in [0.15, 0.2) is 60.7 Å². The van der Waals surface area contributed by atoms with Crippen LogP contribution in [0.5, 0.6) is 11.5 Å². The van der Waals surface area contributed by atoms with Crippen molar-refractivity contribution in [3.8, 4) is 11.5 Å². The summed E-state index contributed by atoms with van der Waals surface area (Å²) in [5, 5.41) is 7.04. The summed E-state index contributed by atoms with van der Waals surface area (Å²) in [7, 11) is 3.65. The topological polar surface area (TPSA) is 86.1 Å². The molecule has 3 aromatic rings. The van der Waals surface area contributed by atoms with Gasteiger partial charge in [0.1, 0.15) is 29.4 Å². The van der Waals surface area contributed by atoms with Crippen LogP contribution in [0.2, 0.25) is 0 Å². The maximum atomic E-state index is 5.86. The molecule has 0 radical (unpaired) electrons. The molecular weight excluding hydrogens is 488 g/mol. The Labute approximate surface area is 234 Å². The van der Waals surface area contributed by atoms with Gasteiger partial charge in [-0.25, -0.2) is 15.0 Å². The molecule has 1 aliphatic carbocycles. The Morgan fingerprint density at radius 2 is 1.85 bits per heavy atom. The molecule has 0 amide bonds. The van der Waals surface area contributed by atoms with Gasteiger partial charge in [0.05, 0.1) is 13.4 Å². The maximum absolute atomic E-state index is 5.86. The number of rotatable bonds is 8. The average molecular weight is 535 g/mol. The lowest BCUT2D eigenvalue weighted by atomic mass is 9.88. The summed E-state index contributed by atoms with van der Waals surface area (Å²) in [6.07, 6.45) is 17.1. The highest BCUT2D eigenvalue weighted by Crippen LogP contribution is 2.32. The fraction of sp³-hybridized carbons (Fsp3) is 0.516. The first-order valence-corrected chi connectivity index (χ1v) is 14.2. The van der Waals surface area contributed by atoms with Crippen molar-refractivity contribution < 1.29 is 10.9 Å². The van der Waals surface area contributed by atoms with Gasteiger partial charge in [-0.05, 0) is 81.8 Å². The summed E-state index contributed by atoms with van der Waals surface area (Å²) in [6.45, 7) is 8.89. The molecule has 8 heteroatoms. The highest BCUT2D eigenvalue weighted by atomic mass is 16.5. The largest absolute Gasteiger partial charge is 0.497 e. The van der Waals surface area contributed by atoms with Crippen molar-refractivity contribution in [3.63, 3.8) is 0 Å². The number of fused-ring (bicyclic) bond motifs is 1. The smallest absolute Gasteiger partial charge is 0.182 e. The van der Waals surface area contributed by atoms with Crippen LogP contribution in [-0.2, 0) is 7.05 Å². The zero-order chi connectivity index (χ0) is 27.7. The van der Waals surface area contributed by atoms with Crippen molar-refractivity contribution in [3.05, 3.63) is 60.7 Å². The third kappa shape index (κ3) is 7.82. The molecule has 1 aromatic carbocycles. The number of nitrogens with zero attached hydrogens (tertiary/aromatic N) is 4. The second kappa shape index (κ2) is 13.6. The van der Waals surface area contributed by atoms with Crippen LogP contribution in [0.1, 0.15) is 60.7 Å². The molecule has 2 aromatic heterocycles. The van der Waals surface area contributed by atoms with E-state index in [2.05, 4.69) is 64.6 Å². The van der Waals surface area contributed by atoms with Gasteiger partial charge >= 0.3 is 0 Å². The molecule has 1 unspecified atom stereocenters. The number of anilines is 1. The van der Waals surface area contributed by atoms with Gasteiger partial charge < -0.3 is 24.7 Å². The summed E-state index contributed by atoms with van der Waals surface area (Å²) >= 11 is 0. The zero-order valence-corrected chi connectivity index (χ0v) is 24.1. The van der Waals surface area contributed by atoms with Crippen molar-refractivity contribution in [1.29, 1.82) is 0 Å². The normalized spacial score (nSPS) is 19.7. The van der Waals surface area contributed by atoms with E-state index in [0.29, 0.717) is 12.0 Å². The molecule has 2 N–H and O–H groups in total. The van der Waals surface area contributed by atoms with E-state index in [1.165, 1.54) is 5.57 Å². The molecule has 0 saturated carbocycles. The molecule has 212 valence electrons. The number of hydrogen-bond acceptors (Lipinski definition) is 7. The van der Waals surface area contributed by atoms with Gasteiger partial charge in [-0.15, -0.1) is 0 Å². The molecule has 1 aliphatic heterocycles. The Bertz CT molecular complexity index is 1250. The number of benzene rings is 1. The molecule has 1 atom stereocenters. The predicted octanol–water partition coefficient (Wildman–Crippen LogP) is 6.32. The minimum absolute atomic E-state index is 0. The summed E-state index contributed by atoms with van der Waals surface area (Å²) in [5.74, 6) is 3.35. The first-order valence-electron chi connectivity index (χ1n) is 14.2. The molecule has 0 spiro atoms. The van der Waals surface area contributed by atoms with Crippen molar-refractivity contribution in [2.45, 2.75) is 70.9 Å². The Balaban J connectivity index is 0.000000238. The van der Waals surface area contributed by atoms with Crippen molar-refractivity contribution in [2.75, 3.05) is 25.5 Å². The summed E-state index contributed by atoms with van der Waals surface area (Å²) in [6, 6.07) is 7.77. The lowest BCUT2D eigenvalue weighted by Crippen LogP contribution is -2.37. The predicted molar refractivity (Wildman–Crippen MR) is 160 cm³/mol. The lowest BCUT2D eigenvalue weighted by Gasteiger charge is -2.32. The van der Waals surface area contributed by atoms with Crippen molar-refractivity contribution in [2.24, 2.45) is 13.0 Å². The summed E-state index contributed by atoms with van der Waals surface area (Å²) in [4.78, 5) is 13.1. The van der Waals surface area contributed by atoms with E-state index in [0.717, 1.165) is 80.1 Å². The minimum atomic E-state index is -0.0131. The number of methoxy groups -OCH3 is 1. The first kappa shape index (κ1) is 28.6. The lowest BCUT2D eigenvalue weighted by molar-refractivity contribution is 0.162. The van der Waals surface area contributed by atoms with Crippen LogP contribution in [0.4, 0.5) is 5.82 Å². The second-order valence-electron chi connectivity index (χ2n) is 10.9. The molecule has 39 heavy (non-hydrogen) atoms. The Hall–Kier alpha value is -3.39. The monoisotopic (exact) mass is 534 g/mol. The van der Waals surface area contributed by atoms with Gasteiger partial charge in [-0.2, -0.15) is 0 Å². The molecule has 1 fully saturated rings. The van der Waals surface area contributed by atoms with E-state index in [1.54, 1.807) is 19.8 Å². The number of aromatic nitrogens is 4. The van der Waals surface area contributed by atoms with Gasteiger partial charge in [0.15, 0.2) is 11.5 Å². The van der Waals surface area contributed by atoms with Crippen LogP contribution >= 0.6 is 0 Å². The molecular formula is C31H46N6O2. The van der Waals surface area contributed by atoms with E-state index >= 15 is 0 Å². The van der Waals surface area contributed by atoms with Gasteiger partial charge in [0.25, 0.3) is 0 Å². The molecule has 2 aliphatic rings. The Morgan fingerprint density at radius 3 is 2.54 bits per heavy atom. The van der Waals surface area contributed by atoms with Crippen LogP contribution in [0.25, 0.3) is 11.2 Å². The number of allylic oxidation sites excluding steroid dienone is 2. The average Bonchev–Trinajstić information content (AvgIpc) is 3.22. The third-order valence-electron chi connectivity index (χ3n) is 7.46. The van der Waals surface area contributed by atoms with Gasteiger partial charge in [-0.3, -0.25) is 0 Å². The number of nitrogens with one attached hydrogen (secondary N) is 2. The van der Waals surface area contributed by atoms with Crippen LogP contribution in [0, 0.1) is 5.92 Å². The first-order chi connectivity index (χ1) is 18.9. The summed E-state index contributed by atoms with van der Waals surface area (Å²) < 4.78 is 12.9. The molecule has 3 heterocycles. The second-order valence-corrected chi connectivity index (χ2v) is 10.9. The fourth-order valence-electron chi connectivity index (χ4n) is 5.11. The zero-order valence-electron chi connectivity index (χ0n) is 24.1. The third-order valence-corrected chi connectivity index (χ3v) is 7.46. The maximum Gasteiger partial charge on any atom is 0.182 e. The minimum Gasteiger partial charge on any atom is -0.497 e. The van der Waals surface area contributed by atoms with Crippen LogP contribution < -0.4 is 20.1 Å². The molecule has 5 rings (SSSR count). The standard InChI is InChI=1S/C19H27N5.C12H17NO2.H2/c1-5-19(9-6-7-15(8-10-19)11-14(2)3)23-18-16-17(20-12-21-18)22-13-24(16)4;1-14-10-2-4-11(5-3-10)15-12-6-8-13-9-7-12;/h6-8,12-14H,5,9-11H2,1-4H3,(H,20,21,23);2-5,12-13H,6-9H2,1H3;1H. The number of imidazole rings is 1. The highest BCUT2D eigenvalue weighted by molar-refractivity contribution is 5.83. The van der Waals surface area contributed by atoms with E-state index in [4.69, 9.17) is 9.47 Å². The molecule has 0 bridgehead atoms. The fourth-order valence-corrected chi connectivity index (χ4v) is 5.11. The van der Waals surface area contributed by atoms with E-state index in [-0.39, 0.29) is 6.97 Å². The number of piperidine rings is 1. The van der Waals surface area contributed by atoms with E-state index in [1.807, 2.05) is 35.9 Å².